The number of nitrogens with zero attached hydrogens (tertiary/aromatic N) is 1. The number of primary amides is 1. The smallest absolute Gasteiger partial charge is 0.416 e. The highest BCUT2D eigenvalue weighted by molar-refractivity contribution is 14.0. The second-order valence-electron chi connectivity index (χ2n) is 6.32. The Labute approximate surface area is 190 Å². The van der Waals surface area contributed by atoms with E-state index in [4.69, 9.17) is 10.5 Å². The summed E-state index contributed by atoms with van der Waals surface area (Å²) >= 11 is 0. The fraction of sp³-hybridized carbons (Fsp3) is 0.300. The van der Waals surface area contributed by atoms with Crippen LogP contribution in [0, 0.1) is 0 Å². The first kappa shape index (κ1) is 25.5. The normalized spacial score (nSPS) is 12.5. The number of rotatable bonds is 7. The van der Waals surface area contributed by atoms with E-state index in [1.54, 1.807) is 38.2 Å². The number of alkyl halides is 3. The van der Waals surface area contributed by atoms with Gasteiger partial charge in [-0.2, -0.15) is 13.2 Å². The summed E-state index contributed by atoms with van der Waals surface area (Å²) in [6, 6.07) is 11.8. The molecule has 0 bridgehead atoms. The van der Waals surface area contributed by atoms with Crippen LogP contribution in [0.4, 0.5) is 13.2 Å². The lowest BCUT2D eigenvalue weighted by molar-refractivity contribution is -0.137. The molecule has 0 spiro atoms. The van der Waals surface area contributed by atoms with Crippen molar-refractivity contribution in [3.05, 3.63) is 65.2 Å². The standard InChI is InChI=1S/C20H23F3N4O2.HI/c1-13(15-6-4-7-16(10-15)20(21,22)23)27-19(25-2)26-11-14-5-3-8-17(9-14)29-12-18(24)28;/h3-10,13H,11-12H2,1-2H3,(H2,24,28)(H2,25,26,27);1H. The first-order chi connectivity index (χ1) is 13.7. The monoisotopic (exact) mass is 536 g/mol. The van der Waals surface area contributed by atoms with Gasteiger partial charge in [-0.15, -0.1) is 24.0 Å². The van der Waals surface area contributed by atoms with Crippen LogP contribution in [-0.2, 0) is 17.5 Å². The summed E-state index contributed by atoms with van der Waals surface area (Å²) in [7, 11) is 1.57. The summed E-state index contributed by atoms with van der Waals surface area (Å²) in [4.78, 5) is 14.9. The molecular weight excluding hydrogens is 512 g/mol. The summed E-state index contributed by atoms with van der Waals surface area (Å²) in [6.45, 7) is 1.93. The van der Waals surface area contributed by atoms with Crippen LogP contribution in [-0.4, -0.2) is 25.5 Å². The Kier molecular flexibility index (Phi) is 9.90. The van der Waals surface area contributed by atoms with E-state index in [1.165, 1.54) is 6.07 Å². The van der Waals surface area contributed by atoms with Crippen LogP contribution >= 0.6 is 24.0 Å². The molecule has 6 nitrogen and oxygen atoms in total. The van der Waals surface area contributed by atoms with Crippen molar-refractivity contribution < 1.29 is 22.7 Å². The summed E-state index contributed by atoms with van der Waals surface area (Å²) in [5.74, 6) is 0.364. The van der Waals surface area contributed by atoms with E-state index >= 15 is 0 Å². The molecule has 0 aromatic heterocycles. The van der Waals surface area contributed by atoms with Gasteiger partial charge in [-0.1, -0.05) is 24.3 Å². The predicted molar refractivity (Wildman–Crippen MR) is 120 cm³/mol. The third-order valence-electron chi connectivity index (χ3n) is 4.03. The summed E-state index contributed by atoms with van der Waals surface area (Å²) < 4.78 is 44.0. The molecule has 0 radical (unpaired) electrons. The minimum atomic E-state index is -4.39. The van der Waals surface area contributed by atoms with Crippen LogP contribution in [0.1, 0.15) is 29.7 Å². The van der Waals surface area contributed by atoms with E-state index in [0.717, 1.165) is 17.7 Å². The Morgan fingerprint density at radius 3 is 2.53 bits per heavy atom. The zero-order valence-electron chi connectivity index (χ0n) is 16.5. The summed E-state index contributed by atoms with van der Waals surface area (Å²) in [6.07, 6.45) is -4.39. The molecule has 0 aliphatic carbocycles. The molecule has 2 aromatic rings. The molecule has 1 amide bonds. The second-order valence-corrected chi connectivity index (χ2v) is 6.32. The molecule has 0 saturated carbocycles. The molecule has 2 rings (SSSR count). The van der Waals surface area contributed by atoms with Gasteiger partial charge in [0.1, 0.15) is 5.75 Å². The van der Waals surface area contributed by atoms with Crippen LogP contribution in [0.25, 0.3) is 0 Å². The average molecular weight is 536 g/mol. The van der Waals surface area contributed by atoms with E-state index in [-0.39, 0.29) is 30.6 Å². The first-order valence-electron chi connectivity index (χ1n) is 8.83. The van der Waals surface area contributed by atoms with Crippen molar-refractivity contribution in [1.29, 1.82) is 0 Å². The second kappa shape index (κ2) is 11.6. The molecule has 2 aromatic carbocycles. The summed E-state index contributed by atoms with van der Waals surface area (Å²) in [5.41, 5.74) is 5.72. The van der Waals surface area contributed by atoms with E-state index in [0.29, 0.717) is 23.8 Å². The van der Waals surface area contributed by atoms with Gasteiger partial charge in [-0.05, 0) is 42.3 Å². The number of hydrogen-bond donors (Lipinski definition) is 3. The van der Waals surface area contributed by atoms with Gasteiger partial charge in [-0.25, -0.2) is 0 Å². The number of carbonyl (C=O) groups excluding carboxylic acids is 1. The molecule has 1 atom stereocenters. The molecule has 0 heterocycles. The number of amides is 1. The van der Waals surface area contributed by atoms with Gasteiger partial charge in [0.25, 0.3) is 5.91 Å². The SMILES string of the molecule is CN=C(NCc1cccc(OCC(N)=O)c1)NC(C)c1cccc(C(F)(F)F)c1.I. The highest BCUT2D eigenvalue weighted by atomic mass is 127. The molecule has 1 unspecified atom stereocenters. The lowest BCUT2D eigenvalue weighted by atomic mass is 10.1. The van der Waals surface area contributed by atoms with Crippen molar-refractivity contribution >= 4 is 35.8 Å². The largest absolute Gasteiger partial charge is 0.484 e. The highest BCUT2D eigenvalue weighted by Crippen LogP contribution is 2.30. The van der Waals surface area contributed by atoms with Crippen molar-refractivity contribution in [2.24, 2.45) is 10.7 Å². The minimum absolute atomic E-state index is 0. The zero-order valence-corrected chi connectivity index (χ0v) is 18.8. The van der Waals surface area contributed by atoms with Crippen molar-refractivity contribution in [3.63, 3.8) is 0 Å². The Balaban J connectivity index is 0.00000450. The number of benzene rings is 2. The van der Waals surface area contributed by atoms with Gasteiger partial charge in [0.15, 0.2) is 12.6 Å². The van der Waals surface area contributed by atoms with Gasteiger partial charge in [0.05, 0.1) is 11.6 Å². The number of ether oxygens (including phenoxy) is 1. The minimum Gasteiger partial charge on any atom is -0.484 e. The van der Waals surface area contributed by atoms with Gasteiger partial charge in [0.2, 0.25) is 0 Å². The molecule has 164 valence electrons. The van der Waals surface area contributed by atoms with Crippen LogP contribution in [0.15, 0.2) is 53.5 Å². The fourth-order valence-corrected chi connectivity index (χ4v) is 2.55. The van der Waals surface area contributed by atoms with E-state index < -0.39 is 23.7 Å². The van der Waals surface area contributed by atoms with E-state index in [2.05, 4.69) is 15.6 Å². The summed E-state index contributed by atoms with van der Waals surface area (Å²) in [5, 5.41) is 6.16. The van der Waals surface area contributed by atoms with E-state index in [1.807, 2.05) is 6.07 Å². The molecule has 0 fully saturated rings. The quantitative estimate of drug-likeness (QED) is 0.287. The van der Waals surface area contributed by atoms with Crippen LogP contribution in [0.2, 0.25) is 0 Å². The fourth-order valence-electron chi connectivity index (χ4n) is 2.55. The first-order valence-corrected chi connectivity index (χ1v) is 8.83. The van der Waals surface area contributed by atoms with Crippen LogP contribution in [0.5, 0.6) is 5.75 Å². The number of carbonyl (C=O) groups is 1. The van der Waals surface area contributed by atoms with Crippen LogP contribution in [0.3, 0.4) is 0 Å². The van der Waals surface area contributed by atoms with Gasteiger partial charge < -0.3 is 21.1 Å². The van der Waals surface area contributed by atoms with Crippen molar-refractivity contribution in [2.45, 2.75) is 25.7 Å². The third-order valence-corrected chi connectivity index (χ3v) is 4.03. The maximum atomic E-state index is 12.9. The maximum absolute atomic E-state index is 12.9. The Bertz CT molecular complexity index is 875. The van der Waals surface area contributed by atoms with Gasteiger partial charge in [0, 0.05) is 13.6 Å². The number of hydrogen-bond acceptors (Lipinski definition) is 3. The average Bonchev–Trinajstić information content (AvgIpc) is 2.69. The molecule has 4 N–H and O–H groups in total. The number of nitrogens with two attached hydrogens (primary N) is 1. The lowest BCUT2D eigenvalue weighted by Gasteiger charge is -2.19. The topological polar surface area (TPSA) is 88.7 Å². The van der Waals surface area contributed by atoms with Gasteiger partial charge >= 0.3 is 6.18 Å². The predicted octanol–water partition coefficient (Wildman–Crippen LogP) is 3.61. The zero-order chi connectivity index (χ0) is 21.4. The maximum Gasteiger partial charge on any atom is 0.416 e. The Morgan fingerprint density at radius 1 is 1.20 bits per heavy atom. The number of guanidine groups is 1. The Morgan fingerprint density at radius 2 is 1.90 bits per heavy atom. The van der Waals surface area contributed by atoms with E-state index in [9.17, 15) is 18.0 Å². The molecule has 0 aliphatic rings. The van der Waals surface area contributed by atoms with Crippen molar-refractivity contribution in [2.75, 3.05) is 13.7 Å². The Hall–Kier alpha value is -2.50. The third kappa shape index (κ3) is 8.09. The molecule has 0 saturated heterocycles. The lowest BCUT2D eigenvalue weighted by Crippen LogP contribution is -2.38. The van der Waals surface area contributed by atoms with Gasteiger partial charge in [-0.3, -0.25) is 9.79 Å². The molecule has 10 heteroatoms. The van der Waals surface area contributed by atoms with Crippen LogP contribution < -0.4 is 21.1 Å². The molecule has 30 heavy (non-hydrogen) atoms. The van der Waals surface area contributed by atoms with Crippen molar-refractivity contribution in [3.8, 4) is 5.75 Å². The molecule has 0 aliphatic heterocycles. The molecular formula is C20H24F3IN4O2. The highest BCUT2D eigenvalue weighted by Gasteiger charge is 2.30. The van der Waals surface area contributed by atoms with Crippen molar-refractivity contribution in [1.82, 2.24) is 10.6 Å². The number of halogens is 4. The number of nitrogens with one attached hydrogen (secondary N) is 2. The number of aliphatic imine (C=N–C) groups is 1.